The van der Waals surface area contributed by atoms with Gasteiger partial charge in [0, 0.05) is 30.9 Å². The first-order valence-electron chi connectivity index (χ1n) is 6.52. The summed E-state index contributed by atoms with van der Waals surface area (Å²) >= 11 is 0. The first-order valence-corrected chi connectivity index (χ1v) is 6.52. The molecule has 0 bridgehead atoms. The molecule has 0 aliphatic rings. The molecular formula is C17H16FNO2. The Labute approximate surface area is 123 Å². The van der Waals surface area contributed by atoms with Crippen LogP contribution >= 0.6 is 0 Å². The van der Waals surface area contributed by atoms with Crippen molar-refractivity contribution >= 4 is 17.7 Å². The fourth-order valence-corrected chi connectivity index (χ4v) is 2.12. The van der Waals surface area contributed by atoms with E-state index in [0.717, 1.165) is 11.6 Å². The zero-order chi connectivity index (χ0) is 15.2. The molecular weight excluding hydrogens is 269 g/mol. The van der Waals surface area contributed by atoms with Crippen molar-refractivity contribution < 1.29 is 14.3 Å². The van der Waals surface area contributed by atoms with Gasteiger partial charge in [0.15, 0.2) is 0 Å². The highest BCUT2D eigenvalue weighted by molar-refractivity contribution is 5.87. The van der Waals surface area contributed by atoms with E-state index in [1.165, 1.54) is 12.1 Å². The zero-order valence-electron chi connectivity index (χ0n) is 11.7. The number of hydrogen-bond donors (Lipinski definition) is 1. The topological polar surface area (TPSA) is 40.5 Å². The molecule has 108 valence electrons. The first kappa shape index (κ1) is 14.8. The van der Waals surface area contributed by atoms with Gasteiger partial charge in [0.1, 0.15) is 5.82 Å². The highest BCUT2D eigenvalue weighted by Gasteiger charge is 2.10. The normalized spacial score (nSPS) is 10.8. The molecule has 0 fully saturated rings. The van der Waals surface area contributed by atoms with Crippen LogP contribution in [0.25, 0.3) is 6.08 Å². The van der Waals surface area contributed by atoms with E-state index < -0.39 is 11.8 Å². The van der Waals surface area contributed by atoms with Gasteiger partial charge in [-0.3, -0.25) is 0 Å². The summed E-state index contributed by atoms with van der Waals surface area (Å²) in [6, 6.07) is 14.5. The third-order valence-electron chi connectivity index (χ3n) is 3.10. The number of benzene rings is 2. The maximum absolute atomic E-state index is 13.9. The fourth-order valence-electron chi connectivity index (χ4n) is 2.12. The van der Waals surface area contributed by atoms with Crippen LogP contribution in [0.1, 0.15) is 11.1 Å². The Balaban J connectivity index is 2.30. The van der Waals surface area contributed by atoms with Crippen LogP contribution in [0.2, 0.25) is 0 Å². The molecule has 3 nitrogen and oxygen atoms in total. The number of rotatable bonds is 5. The number of carboxylic acids is 1. The van der Waals surface area contributed by atoms with Crippen molar-refractivity contribution in [3.8, 4) is 0 Å². The van der Waals surface area contributed by atoms with Crippen LogP contribution in [0.4, 0.5) is 10.1 Å². The van der Waals surface area contributed by atoms with Crippen molar-refractivity contribution in [1.82, 2.24) is 0 Å². The lowest BCUT2D eigenvalue weighted by atomic mass is 10.1. The third kappa shape index (κ3) is 3.92. The molecule has 0 aromatic heterocycles. The van der Waals surface area contributed by atoms with Crippen molar-refractivity contribution in [1.29, 1.82) is 0 Å². The number of hydrogen-bond acceptors (Lipinski definition) is 2. The van der Waals surface area contributed by atoms with Gasteiger partial charge in [-0.05, 0) is 23.8 Å². The zero-order valence-corrected chi connectivity index (χ0v) is 11.7. The predicted molar refractivity (Wildman–Crippen MR) is 81.6 cm³/mol. The largest absolute Gasteiger partial charge is 0.478 e. The lowest BCUT2D eigenvalue weighted by molar-refractivity contribution is -0.131. The van der Waals surface area contributed by atoms with Gasteiger partial charge in [-0.2, -0.15) is 0 Å². The number of carbonyl (C=O) groups is 1. The average Bonchev–Trinajstić information content (AvgIpc) is 2.46. The number of nitrogens with zero attached hydrogens (tertiary/aromatic N) is 1. The van der Waals surface area contributed by atoms with Gasteiger partial charge < -0.3 is 10.0 Å². The Hall–Kier alpha value is -2.62. The fraction of sp³-hybridized carbons (Fsp3) is 0.118. The number of halogens is 1. The first-order chi connectivity index (χ1) is 10.1. The van der Waals surface area contributed by atoms with Crippen LogP contribution in [-0.2, 0) is 11.3 Å². The Morgan fingerprint density at radius 2 is 1.90 bits per heavy atom. The lowest BCUT2D eigenvalue weighted by Crippen LogP contribution is -2.17. The highest BCUT2D eigenvalue weighted by Crippen LogP contribution is 2.25. The van der Waals surface area contributed by atoms with Crippen molar-refractivity contribution in [3.05, 3.63) is 71.6 Å². The summed E-state index contributed by atoms with van der Waals surface area (Å²) in [6.07, 6.45) is 2.23. The predicted octanol–water partition coefficient (Wildman–Crippen LogP) is 3.56. The van der Waals surface area contributed by atoms with Crippen LogP contribution in [0.3, 0.4) is 0 Å². The average molecular weight is 285 g/mol. The van der Waals surface area contributed by atoms with Crippen molar-refractivity contribution in [2.24, 2.45) is 0 Å². The Kier molecular flexibility index (Phi) is 4.72. The molecule has 0 unspecified atom stereocenters. The molecule has 4 heteroatoms. The minimum atomic E-state index is -1.10. The maximum atomic E-state index is 13.9. The summed E-state index contributed by atoms with van der Waals surface area (Å²) in [4.78, 5) is 12.5. The van der Waals surface area contributed by atoms with Crippen molar-refractivity contribution in [2.75, 3.05) is 11.9 Å². The van der Waals surface area contributed by atoms with Gasteiger partial charge in [-0.25, -0.2) is 9.18 Å². The molecule has 2 aromatic carbocycles. The molecule has 0 heterocycles. The minimum Gasteiger partial charge on any atom is -0.478 e. The van der Waals surface area contributed by atoms with E-state index in [9.17, 15) is 9.18 Å². The molecule has 2 aromatic rings. The smallest absolute Gasteiger partial charge is 0.328 e. The summed E-state index contributed by atoms with van der Waals surface area (Å²) in [6.45, 7) is 0.609. The second kappa shape index (κ2) is 6.70. The molecule has 0 atom stereocenters. The molecule has 0 aliphatic heterocycles. The van der Waals surface area contributed by atoms with Crippen molar-refractivity contribution in [3.63, 3.8) is 0 Å². The standard InChI is InChI=1S/C17H16FNO2/c1-19(12-13-6-3-2-4-7-13)16-9-5-8-15(18)14(16)10-11-17(20)21/h2-11H,12H2,1H3,(H,20,21)/b11-10+. The van der Waals surface area contributed by atoms with E-state index in [4.69, 9.17) is 5.11 Å². The second-order valence-electron chi connectivity index (χ2n) is 4.69. The SMILES string of the molecule is CN(Cc1ccccc1)c1cccc(F)c1/C=C/C(=O)O. The minimum absolute atomic E-state index is 0.276. The Morgan fingerprint density at radius 3 is 2.57 bits per heavy atom. The molecule has 0 saturated carbocycles. The molecule has 1 N–H and O–H groups in total. The van der Waals surface area contributed by atoms with Gasteiger partial charge in [0.25, 0.3) is 0 Å². The summed E-state index contributed by atoms with van der Waals surface area (Å²) < 4.78 is 13.9. The van der Waals surface area contributed by atoms with Gasteiger partial charge in [0.05, 0.1) is 0 Å². The van der Waals surface area contributed by atoms with E-state index in [2.05, 4.69) is 0 Å². The van der Waals surface area contributed by atoms with E-state index in [-0.39, 0.29) is 5.56 Å². The molecule has 0 saturated heterocycles. The van der Waals surface area contributed by atoms with Crippen molar-refractivity contribution in [2.45, 2.75) is 6.54 Å². The quantitative estimate of drug-likeness (QED) is 0.854. The van der Waals surface area contributed by atoms with E-state index in [1.54, 1.807) is 12.1 Å². The Bertz CT molecular complexity index is 653. The van der Waals surface area contributed by atoms with Crippen LogP contribution in [0, 0.1) is 5.82 Å². The monoisotopic (exact) mass is 285 g/mol. The molecule has 0 spiro atoms. The van der Waals surface area contributed by atoms with Gasteiger partial charge in [0.2, 0.25) is 0 Å². The molecule has 0 radical (unpaired) electrons. The van der Waals surface area contributed by atoms with E-state index in [1.807, 2.05) is 42.3 Å². The van der Waals surface area contributed by atoms with E-state index in [0.29, 0.717) is 12.2 Å². The van der Waals surface area contributed by atoms with Crippen LogP contribution in [0.5, 0.6) is 0 Å². The summed E-state index contributed by atoms with van der Waals surface area (Å²) in [5.74, 6) is -1.54. The highest BCUT2D eigenvalue weighted by atomic mass is 19.1. The summed E-state index contributed by atoms with van der Waals surface area (Å²) in [5, 5.41) is 8.71. The molecule has 2 rings (SSSR count). The van der Waals surface area contributed by atoms with Gasteiger partial charge >= 0.3 is 5.97 Å². The molecule has 0 amide bonds. The molecule has 21 heavy (non-hydrogen) atoms. The number of aliphatic carboxylic acids is 1. The van der Waals surface area contributed by atoms with Gasteiger partial charge in [-0.15, -0.1) is 0 Å². The van der Waals surface area contributed by atoms with Crippen LogP contribution < -0.4 is 4.90 Å². The maximum Gasteiger partial charge on any atom is 0.328 e. The van der Waals surface area contributed by atoms with E-state index >= 15 is 0 Å². The lowest BCUT2D eigenvalue weighted by Gasteiger charge is -2.22. The van der Waals surface area contributed by atoms with Gasteiger partial charge in [-0.1, -0.05) is 36.4 Å². The van der Waals surface area contributed by atoms with Crippen LogP contribution in [0.15, 0.2) is 54.6 Å². The second-order valence-corrected chi connectivity index (χ2v) is 4.69. The number of carboxylic acid groups (broad SMARTS) is 1. The number of anilines is 1. The summed E-state index contributed by atoms with van der Waals surface area (Å²) in [7, 11) is 1.85. The third-order valence-corrected chi connectivity index (χ3v) is 3.10. The molecule has 0 aliphatic carbocycles. The van der Waals surface area contributed by atoms with Crippen LogP contribution in [-0.4, -0.2) is 18.1 Å². The summed E-state index contributed by atoms with van der Waals surface area (Å²) in [5.41, 5.74) is 2.02. The Morgan fingerprint density at radius 1 is 1.19 bits per heavy atom.